The molecule has 0 bridgehead atoms. The molecule has 1 fully saturated rings. The van der Waals surface area contributed by atoms with Gasteiger partial charge in [-0.1, -0.05) is 24.3 Å². The molecule has 9 heteroatoms. The number of rotatable bonds is 1. The lowest BCUT2D eigenvalue weighted by Gasteiger charge is -2.34. The van der Waals surface area contributed by atoms with Crippen LogP contribution in [0.15, 0.2) is 24.3 Å². The maximum Gasteiger partial charge on any atom is 0.490 e. The molecule has 2 N–H and O–H groups in total. The zero-order chi connectivity index (χ0) is 19.5. The second-order valence-electron chi connectivity index (χ2n) is 6.37. The molecule has 2 aliphatic rings. The van der Waals surface area contributed by atoms with Crippen molar-refractivity contribution >= 4 is 11.9 Å². The van der Waals surface area contributed by atoms with Crippen LogP contribution in [0.3, 0.4) is 0 Å². The van der Waals surface area contributed by atoms with Gasteiger partial charge in [0.25, 0.3) is 5.91 Å². The summed E-state index contributed by atoms with van der Waals surface area (Å²) < 4.78 is 38.0. The van der Waals surface area contributed by atoms with E-state index in [1.165, 1.54) is 5.56 Å². The van der Waals surface area contributed by atoms with Crippen molar-refractivity contribution in [3.05, 3.63) is 35.4 Å². The van der Waals surface area contributed by atoms with Gasteiger partial charge >= 0.3 is 12.1 Å². The number of halogens is 3. The highest BCUT2D eigenvalue weighted by Crippen LogP contribution is 2.48. The minimum absolute atomic E-state index is 0.0304. The fourth-order valence-corrected chi connectivity index (χ4v) is 3.13. The molecular weight excluding hydrogens is 353 g/mol. The van der Waals surface area contributed by atoms with E-state index in [-0.39, 0.29) is 11.5 Å². The van der Waals surface area contributed by atoms with Crippen LogP contribution in [0.5, 0.6) is 0 Å². The summed E-state index contributed by atoms with van der Waals surface area (Å²) in [6.07, 6.45) is -3.66. The molecule has 0 aromatic heterocycles. The normalized spacial score (nSPS) is 20.7. The van der Waals surface area contributed by atoms with Gasteiger partial charge in [0.2, 0.25) is 0 Å². The van der Waals surface area contributed by atoms with Gasteiger partial charge in [-0.3, -0.25) is 4.79 Å². The molecule has 1 unspecified atom stereocenters. The minimum atomic E-state index is -5.08. The first kappa shape index (κ1) is 20.2. The Kier molecular flexibility index (Phi) is 5.92. The zero-order valence-corrected chi connectivity index (χ0v) is 14.5. The zero-order valence-electron chi connectivity index (χ0n) is 14.5. The van der Waals surface area contributed by atoms with Crippen LogP contribution in [0.4, 0.5) is 13.2 Å². The quantitative estimate of drug-likeness (QED) is 0.787. The molecule has 2 heterocycles. The van der Waals surface area contributed by atoms with Gasteiger partial charge in [-0.15, -0.1) is 0 Å². The molecule has 26 heavy (non-hydrogen) atoms. The van der Waals surface area contributed by atoms with Gasteiger partial charge in [-0.2, -0.15) is 13.2 Å². The molecule has 1 aromatic rings. The van der Waals surface area contributed by atoms with Crippen molar-refractivity contribution in [2.45, 2.75) is 30.7 Å². The van der Waals surface area contributed by atoms with Gasteiger partial charge in [0.15, 0.2) is 6.10 Å². The number of nitrogens with one attached hydrogen (secondary N) is 1. The van der Waals surface area contributed by atoms with Gasteiger partial charge in [0.05, 0.1) is 5.60 Å². The van der Waals surface area contributed by atoms with E-state index >= 15 is 0 Å². The summed E-state index contributed by atoms with van der Waals surface area (Å²) in [5, 5.41) is 10.5. The number of fused-ring (bicyclic) bond motifs is 2. The molecule has 1 amide bonds. The molecular formula is C17H21F3N2O4. The number of hydrogen-bond acceptors (Lipinski definition) is 4. The van der Waals surface area contributed by atoms with Gasteiger partial charge < -0.3 is 20.1 Å². The number of aliphatic carboxylic acids is 1. The van der Waals surface area contributed by atoms with E-state index in [1.807, 2.05) is 18.2 Å². The van der Waals surface area contributed by atoms with Crippen LogP contribution in [0.1, 0.15) is 30.1 Å². The van der Waals surface area contributed by atoms with Crippen LogP contribution in [0.2, 0.25) is 0 Å². The predicted molar refractivity (Wildman–Crippen MR) is 86.4 cm³/mol. The van der Waals surface area contributed by atoms with Crippen molar-refractivity contribution in [3.8, 4) is 0 Å². The number of piperidine rings is 1. The highest BCUT2D eigenvalue weighted by atomic mass is 19.4. The summed E-state index contributed by atoms with van der Waals surface area (Å²) in [6, 6.07) is 8.16. The molecule has 144 valence electrons. The summed E-state index contributed by atoms with van der Waals surface area (Å²) in [6.45, 7) is 1.88. The Bertz CT molecular complexity index is 670. The van der Waals surface area contributed by atoms with Crippen LogP contribution in [0, 0.1) is 0 Å². The summed E-state index contributed by atoms with van der Waals surface area (Å²) >= 11 is 0. The van der Waals surface area contributed by atoms with Crippen molar-refractivity contribution in [2.24, 2.45) is 0 Å². The number of alkyl halides is 3. The lowest BCUT2D eigenvalue weighted by atomic mass is 9.84. The molecule has 1 atom stereocenters. The second-order valence-corrected chi connectivity index (χ2v) is 6.37. The summed E-state index contributed by atoms with van der Waals surface area (Å²) in [4.78, 5) is 22.8. The van der Waals surface area contributed by atoms with E-state index < -0.39 is 18.2 Å². The predicted octanol–water partition coefficient (Wildman–Crippen LogP) is 2.06. The monoisotopic (exact) mass is 374 g/mol. The lowest BCUT2D eigenvalue weighted by Crippen LogP contribution is -2.40. The number of likely N-dealkylation sites (N-methyl/N-ethyl adjacent to an activating group) is 1. The number of carboxylic acid groups (broad SMARTS) is 1. The first-order valence-electron chi connectivity index (χ1n) is 8.08. The summed E-state index contributed by atoms with van der Waals surface area (Å²) in [5.41, 5.74) is 1.98. The van der Waals surface area contributed by atoms with Crippen LogP contribution >= 0.6 is 0 Å². The number of amides is 1. The van der Waals surface area contributed by atoms with E-state index in [2.05, 4.69) is 11.4 Å². The van der Waals surface area contributed by atoms with Gasteiger partial charge in [0, 0.05) is 14.1 Å². The Hall–Kier alpha value is -2.13. The van der Waals surface area contributed by atoms with Crippen molar-refractivity contribution < 1.29 is 32.6 Å². The maximum atomic E-state index is 12.3. The van der Waals surface area contributed by atoms with Crippen molar-refractivity contribution in [1.29, 1.82) is 0 Å². The Morgan fingerprint density at radius 2 is 1.77 bits per heavy atom. The van der Waals surface area contributed by atoms with Crippen molar-refractivity contribution in [2.75, 3.05) is 27.2 Å². The number of hydrogen-bond donors (Lipinski definition) is 2. The highest BCUT2D eigenvalue weighted by Gasteiger charge is 2.47. The molecule has 1 spiro atoms. The fraction of sp³-hybridized carbons (Fsp3) is 0.529. The van der Waals surface area contributed by atoms with E-state index in [0.29, 0.717) is 0 Å². The standard InChI is InChI=1S/C15H20N2O2.C2HF3O2/c1-17(2)14(18)13-11-5-3-4-6-12(11)15(19-13)7-9-16-10-8-15;3-2(4,5)1(6)7/h3-6,13,16H,7-10H2,1-2H3;(H,6,7). The maximum absolute atomic E-state index is 12.3. The molecule has 0 saturated carbocycles. The van der Waals surface area contributed by atoms with Crippen LogP contribution < -0.4 is 5.32 Å². The van der Waals surface area contributed by atoms with Crippen molar-refractivity contribution in [3.63, 3.8) is 0 Å². The number of carbonyl (C=O) groups is 2. The Labute approximate surface area is 148 Å². The molecule has 3 rings (SSSR count). The van der Waals surface area contributed by atoms with Crippen LogP contribution in [-0.2, 0) is 19.9 Å². The van der Waals surface area contributed by atoms with E-state index in [4.69, 9.17) is 14.6 Å². The molecule has 2 aliphatic heterocycles. The van der Waals surface area contributed by atoms with E-state index in [1.54, 1.807) is 19.0 Å². The second kappa shape index (κ2) is 7.63. The van der Waals surface area contributed by atoms with E-state index in [9.17, 15) is 18.0 Å². The summed E-state index contributed by atoms with van der Waals surface area (Å²) in [7, 11) is 3.56. The number of carboxylic acids is 1. The molecule has 0 aliphatic carbocycles. The lowest BCUT2D eigenvalue weighted by molar-refractivity contribution is -0.192. The number of ether oxygens (including phenoxy) is 1. The third kappa shape index (κ3) is 4.16. The first-order chi connectivity index (χ1) is 12.1. The third-order valence-corrected chi connectivity index (χ3v) is 4.40. The first-order valence-corrected chi connectivity index (χ1v) is 8.08. The van der Waals surface area contributed by atoms with Crippen LogP contribution in [0.25, 0.3) is 0 Å². The number of benzene rings is 1. The average Bonchev–Trinajstić information content (AvgIpc) is 2.89. The summed E-state index contributed by atoms with van der Waals surface area (Å²) in [5.74, 6) is -2.73. The van der Waals surface area contributed by atoms with Crippen LogP contribution in [-0.4, -0.2) is 55.2 Å². The number of nitrogens with zero attached hydrogens (tertiary/aromatic N) is 1. The SMILES string of the molecule is CN(C)C(=O)C1OC2(CCNCC2)c2ccccc21.O=C(O)C(F)(F)F. The molecule has 1 saturated heterocycles. The topological polar surface area (TPSA) is 78.9 Å². The Morgan fingerprint density at radius 3 is 2.27 bits per heavy atom. The molecule has 0 radical (unpaired) electrons. The molecule has 6 nitrogen and oxygen atoms in total. The number of carbonyl (C=O) groups excluding carboxylic acids is 1. The van der Waals surface area contributed by atoms with Gasteiger partial charge in [0.1, 0.15) is 0 Å². The van der Waals surface area contributed by atoms with E-state index in [0.717, 1.165) is 31.5 Å². The van der Waals surface area contributed by atoms with Gasteiger partial charge in [-0.25, -0.2) is 4.79 Å². The highest BCUT2D eigenvalue weighted by molar-refractivity contribution is 5.83. The average molecular weight is 374 g/mol. The minimum Gasteiger partial charge on any atom is -0.475 e. The Balaban J connectivity index is 0.000000298. The van der Waals surface area contributed by atoms with Crippen molar-refractivity contribution in [1.82, 2.24) is 10.2 Å². The Morgan fingerprint density at radius 1 is 1.23 bits per heavy atom. The van der Waals surface area contributed by atoms with Gasteiger partial charge in [-0.05, 0) is 37.1 Å². The fourth-order valence-electron chi connectivity index (χ4n) is 3.13. The third-order valence-electron chi connectivity index (χ3n) is 4.40. The molecule has 1 aromatic carbocycles. The largest absolute Gasteiger partial charge is 0.490 e. The smallest absolute Gasteiger partial charge is 0.475 e.